The maximum Gasteiger partial charge on any atom is 0.169 e. The predicted molar refractivity (Wildman–Crippen MR) is 71.8 cm³/mol. The van der Waals surface area contributed by atoms with Crippen LogP contribution in [0.1, 0.15) is 23.7 Å². The minimum absolute atomic E-state index is 0.122. The van der Waals surface area contributed by atoms with E-state index in [9.17, 15) is 9.18 Å². The second kappa shape index (κ2) is 6.78. The summed E-state index contributed by atoms with van der Waals surface area (Å²) >= 11 is 0. The van der Waals surface area contributed by atoms with Gasteiger partial charge in [0.15, 0.2) is 5.78 Å². The maximum absolute atomic E-state index is 13.6. The highest BCUT2D eigenvalue weighted by molar-refractivity contribution is 5.98. The minimum Gasteiger partial charge on any atom is -0.380 e. The molecule has 0 N–H and O–H groups in total. The molecule has 1 heterocycles. The highest BCUT2D eigenvalue weighted by atomic mass is 19.1. The Bertz CT molecular complexity index is 428. The molecule has 1 aliphatic rings. The number of carbonyl (C=O) groups is 1. The van der Waals surface area contributed by atoms with E-state index in [1.165, 1.54) is 6.07 Å². The van der Waals surface area contributed by atoms with Crippen molar-refractivity contribution >= 4 is 5.78 Å². The summed E-state index contributed by atoms with van der Waals surface area (Å²) in [4.78, 5) is 14.4. The lowest BCUT2D eigenvalue weighted by Gasteiger charge is -2.22. The normalized spacial score (nSPS) is 18.8. The van der Waals surface area contributed by atoms with Crippen LogP contribution < -0.4 is 0 Å². The number of hydrogen-bond acceptors (Lipinski definition) is 3. The Morgan fingerprint density at radius 1 is 1.37 bits per heavy atom. The van der Waals surface area contributed by atoms with Crippen LogP contribution in [0.25, 0.3) is 0 Å². The first-order chi connectivity index (χ1) is 9.18. The van der Waals surface area contributed by atoms with Gasteiger partial charge in [-0.3, -0.25) is 4.79 Å². The molecule has 0 amide bonds. The van der Waals surface area contributed by atoms with Gasteiger partial charge in [-0.15, -0.1) is 0 Å². The van der Waals surface area contributed by atoms with E-state index in [0.717, 1.165) is 26.1 Å². The standard InChI is InChI=1S/C15H20FNO2/c1-12(11-17-7-4-9-19-10-8-17)15(18)13-5-2-3-6-14(13)16/h2-3,5-6,12H,4,7-11H2,1H3. The summed E-state index contributed by atoms with van der Waals surface area (Å²) in [5.41, 5.74) is 0.195. The van der Waals surface area contributed by atoms with Gasteiger partial charge in [-0.2, -0.15) is 0 Å². The van der Waals surface area contributed by atoms with Crippen molar-refractivity contribution < 1.29 is 13.9 Å². The lowest BCUT2D eigenvalue weighted by Crippen LogP contribution is -2.34. The molecule has 1 aliphatic heterocycles. The molecule has 1 fully saturated rings. The number of ether oxygens (including phenoxy) is 1. The van der Waals surface area contributed by atoms with Crippen molar-refractivity contribution in [3.8, 4) is 0 Å². The molecular formula is C15H20FNO2. The molecule has 1 atom stereocenters. The molecule has 0 saturated carbocycles. The van der Waals surface area contributed by atoms with Gasteiger partial charge in [0, 0.05) is 32.2 Å². The van der Waals surface area contributed by atoms with Gasteiger partial charge >= 0.3 is 0 Å². The number of benzene rings is 1. The molecule has 0 radical (unpaired) electrons. The third kappa shape index (κ3) is 3.85. The second-order valence-electron chi connectivity index (χ2n) is 5.01. The van der Waals surface area contributed by atoms with Crippen molar-refractivity contribution in [2.75, 3.05) is 32.8 Å². The molecule has 19 heavy (non-hydrogen) atoms. The number of carbonyl (C=O) groups excluding carboxylic acids is 1. The summed E-state index contributed by atoms with van der Waals surface area (Å²) in [6.45, 7) is 5.80. The smallest absolute Gasteiger partial charge is 0.169 e. The quantitative estimate of drug-likeness (QED) is 0.783. The summed E-state index contributed by atoms with van der Waals surface area (Å²) in [5.74, 6) is -0.753. The molecule has 4 heteroatoms. The average molecular weight is 265 g/mol. The van der Waals surface area contributed by atoms with Gasteiger partial charge in [0.05, 0.1) is 12.2 Å². The molecule has 0 aromatic heterocycles. The number of nitrogens with zero attached hydrogens (tertiary/aromatic N) is 1. The lowest BCUT2D eigenvalue weighted by atomic mass is 9.98. The highest BCUT2D eigenvalue weighted by Gasteiger charge is 2.21. The molecule has 1 aromatic rings. The van der Waals surface area contributed by atoms with E-state index in [4.69, 9.17) is 4.74 Å². The van der Waals surface area contributed by atoms with Crippen LogP contribution in [0.15, 0.2) is 24.3 Å². The van der Waals surface area contributed by atoms with E-state index in [1.807, 2.05) is 6.92 Å². The molecule has 104 valence electrons. The zero-order valence-electron chi connectivity index (χ0n) is 11.3. The summed E-state index contributed by atoms with van der Waals surface area (Å²) in [5, 5.41) is 0. The van der Waals surface area contributed by atoms with Crippen LogP contribution in [-0.4, -0.2) is 43.5 Å². The number of halogens is 1. The van der Waals surface area contributed by atoms with Crippen molar-refractivity contribution in [2.24, 2.45) is 5.92 Å². The summed E-state index contributed by atoms with van der Waals surface area (Å²) in [6, 6.07) is 6.19. The SMILES string of the molecule is CC(CN1CCCOCC1)C(=O)c1ccccc1F. The number of ketones is 1. The Balaban J connectivity index is 1.97. The summed E-state index contributed by atoms with van der Waals surface area (Å²) < 4.78 is 19.0. The average Bonchev–Trinajstić information content (AvgIpc) is 2.67. The monoisotopic (exact) mass is 265 g/mol. The third-order valence-corrected chi connectivity index (χ3v) is 3.43. The van der Waals surface area contributed by atoms with Crippen molar-refractivity contribution in [1.29, 1.82) is 0 Å². The first-order valence-electron chi connectivity index (χ1n) is 6.77. The molecule has 0 bridgehead atoms. The topological polar surface area (TPSA) is 29.5 Å². The zero-order valence-corrected chi connectivity index (χ0v) is 11.3. The van der Waals surface area contributed by atoms with Crippen LogP contribution in [0.4, 0.5) is 4.39 Å². The Hall–Kier alpha value is -1.26. The van der Waals surface area contributed by atoms with Crippen molar-refractivity contribution in [3.63, 3.8) is 0 Å². The van der Waals surface area contributed by atoms with Crippen LogP contribution in [0.5, 0.6) is 0 Å². The lowest BCUT2D eigenvalue weighted by molar-refractivity contribution is 0.0883. The Kier molecular flexibility index (Phi) is 5.05. The Morgan fingerprint density at radius 2 is 2.16 bits per heavy atom. The largest absolute Gasteiger partial charge is 0.380 e. The van der Waals surface area contributed by atoms with Crippen molar-refractivity contribution in [2.45, 2.75) is 13.3 Å². The number of rotatable bonds is 4. The highest BCUT2D eigenvalue weighted by Crippen LogP contribution is 2.14. The zero-order chi connectivity index (χ0) is 13.7. The van der Waals surface area contributed by atoms with Gasteiger partial charge in [-0.25, -0.2) is 4.39 Å². The van der Waals surface area contributed by atoms with Gasteiger partial charge in [0.1, 0.15) is 5.82 Å². The van der Waals surface area contributed by atoms with Gasteiger partial charge in [-0.1, -0.05) is 19.1 Å². The summed E-state index contributed by atoms with van der Waals surface area (Å²) in [7, 11) is 0. The van der Waals surface area contributed by atoms with Crippen molar-refractivity contribution in [1.82, 2.24) is 4.90 Å². The van der Waals surface area contributed by atoms with Gasteiger partial charge in [-0.05, 0) is 18.6 Å². The molecule has 1 unspecified atom stereocenters. The number of Topliss-reactive ketones (excluding diaryl/α,β-unsaturated/α-hetero) is 1. The van der Waals surface area contributed by atoms with E-state index in [-0.39, 0.29) is 17.3 Å². The second-order valence-corrected chi connectivity index (χ2v) is 5.01. The van der Waals surface area contributed by atoms with Gasteiger partial charge < -0.3 is 9.64 Å². The number of hydrogen-bond donors (Lipinski definition) is 0. The van der Waals surface area contributed by atoms with E-state index < -0.39 is 5.82 Å². The van der Waals surface area contributed by atoms with Crippen molar-refractivity contribution in [3.05, 3.63) is 35.6 Å². The molecule has 3 nitrogen and oxygen atoms in total. The Labute approximate surface area is 113 Å². The van der Waals surface area contributed by atoms with Gasteiger partial charge in [0.2, 0.25) is 0 Å². The fourth-order valence-electron chi connectivity index (χ4n) is 2.38. The van der Waals surface area contributed by atoms with Crippen LogP contribution in [0, 0.1) is 11.7 Å². The molecule has 1 aromatic carbocycles. The molecule has 0 spiro atoms. The van der Waals surface area contributed by atoms with E-state index in [2.05, 4.69) is 4.90 Å². The third-order valence-electron chi connectivity index (χ3n) is 3.43. The first kappa shape index (κ1) is 14.2. The molecule has 2 rings (SSSR count). The van der Waals surface area contributed by atoms with E-state index >= 15 is 0 Å². The molecule has 0 aliphatic carbocycles. The molecular weight excluding hydrogens is 245 g/mol. The maximum atomic E-state index is 13.6. The fourth-order valence-corrected chi connectivity index (χ4v) is 2.38. The Morgan fingerprint density at radius 3 is 2.95 bits per heavy atom. The van der Waals surface area contributed by atoms with Crippen LogP contribution in [-0.2, 0) is 4.74 Å². The van der Waals surface area contributed by atoms with Gasteiger partial charge in [0.25, 0.3) is 0 Å². The van der Waals surface area contributed by atoms with Crippen LogP contribution >= 0.6 is 0 Å². The van der Waals surface area contributed by atoms with Crippen LogP contribution in [0.2, 0.25) is 0 Å². The van der Waals surface area contributed by atoms with E-state index in [1.54, 1.807) is 18.2 Å². The predicted octanol–water partition coefficient (Wildman–Crippen LogP) is 2.37. The summed E-state index contributed by atoms with van der Waals surface area (Å²) in [6.07, 6.45) is 0.987. The first-order valence-corrected chi connectivity index (χ1v) is 6.77. The minimum atomic E-state index is -0.432. The van der Waals surface area contributed by atoms with E-state index in [0.29, 0.717) is 13.2 Å². The molecule has 1 saturated heterocycles. The fraction of sp³-hybridized carbons (Fsp3) is 0.533. The van der Waals surface area contributed by atoms with Crippen LogP contribution in [0.3, 0.4) is 0 Å².